The van der Waals surface area contributed by atoms with E-state index >= 15 is 0 Å². The van der Waals surface area contributed by atoms with Crippen LogP contribution in [0.15, 0.2) is 190 Å². The van der Waals surface area contributed by atoms with Crippen LogP contribution in [0.5, 0.6) is 0 Å². The van der Waals surface area contributed by atoms with E-state index in [1.807, 2.05) is 141 Å². The van der Waals surface area contributed by atoms with Crippen LogP contribution in [0.2, 0.25) is 0 Å². The van der Waals surface area contributed by atoms with E-state index in [1.165, 1.54) is 74.8 Å². The number of hydrogen-bond donors (Lipinski definition) is 3. The number of amides is 3. The number of fused-ring (bicyclic) bond motifs is 4. The number of carbonyl (C=O) groups is 4. The second kappa shape index (κ2) is 40.2. The largest absolute Gasteiger partial charge is 1.00 e. The van der Waals surface area contributed by atoms with Gasteiger partial charge in [-0.15, -0.1) is 24.0 Å². The fraction of sp³-hybridized carbons (Fsp3) is 0.341. The molecule has 8 aromatic carbocycles. The summed E-state index contributed by atoms with van der Waals surface area (Å²) < 4.78 is 158. The summed E-state index contributed by atoms with van der Waals surface area (Å²) in [5, 5.41) is 10.4. The van der Waals surface area contributed by atoms with Gasteiger partial charge in [0.25, 0.3) is 17.7 Å². The van der Waals surface area contributed by atoms with E-state index in [4.69, 9.17) is 59.6 Å². The molecule has 4 aliphatic rings. The van der Waals surface area contributed by atoms with Crippen molar-refractivity contribution in [3.63, 3.8) is 0 Å². The first-order valence-corrected chi connectivity index (χ1v) is 43.6. The van der Waals surface area contributed by atoms with Crippen LogP contribution in [0.1, 0.15) is 161 Å². The topological polar surface area (TPSA) is 277 Å². The second-order valence-electron chi connectivity index (χ2n) is 34.3. The Kier molecular flexibility index (Phi) is 32.8. The molecule has 128 heavy (non-hydrogen) atoms. The molecule has 4 aromatic heterocycles. The predicted octanol–water partition coefficient (Wildman–Crippen LogP) is 16.3. The van der Waals surface area contributed by atoms with Crippen molar-refractivity contribution in [1.82, 2.24) is 16.0 Å². The Hall–Kier alpha value is -7.40. The van der Waals surface area contributed by atoms with Crippen molar-refractivity contribution < 1.29 is 158 Å². The minimum Gasteiger partial charge on any atom is -1.00 e. The number of nitrogens with one attached hydrogen (secondary N) is 3. The Morgan fingerprint density at radius 3 is 0.992 bits per heavy atom. The first-order chi connectivity index (χ1) is 58.4. The molecule has 0 bridgehead atoms. The maximum atomic E-state index is 13.5. The van der Waals surface area contributed by atoms with Gasteiger partial charge in [0.05, 0.1) is 80.0 Å². The summed E-state index contributed by atoms with van der Waals surface area (Å²) in [6.07, 6.45) is 1.09. The zero-order valence-electron chi connectivity index (χ0n) is 76.5. The molecule has 0 aliphatic carbocycles. The number of anilines is 1. The number of furan rings is 4. The quantitative estimate of drug-likeness (QED) is 0.0395. The van der Waals surface area contributed by atoms with Crippen LogP contribution in [0.3, 0.4) is 0 Å². The van der Waals surface area contributed by atoms with Crippen LogP contribution in [-0.2, 0) is 52.0 Å². The van der Waals surface area contributed by atoms with Gasteiger partial charge in [-0.2, -0.15) is 0 Å². The first-order valence-electron chi connectivity index (χ1n) is 40.2. The van der Waals surface area contributed by atoms with E-state index < -0.39 is 78.4 Å². The Morgan fingerprint density at radius 2 is 0.680 bits per heavy atom. The second-order valence-corrected chi connectivity index (χ2v) is 38.2. The molecule has 16 rings (SSSR count). The summed E-state index contributed by atoms with van der Waals surface area (Å²) >= 11 is 6.78. The molecule has 0 saturated carbocycles. The van der Waals surface area contributed by atoms with Gasteiger partial charge >= 0.3 is 85.6 Å². The third-order valence-corrected chi connectivity index (χ3v) is 25.9. The number of rotatable bonds is 14. The maximum absolute atomic E-state index is 13.5. The molecule has 0 unspecified atom stereocenters. The number of esters is 1. The fourth-order valence-electron chi connectivity index (χ4n) is 13.8. The monoisotopic (exact) mass is 2040 g/mol. The van der Waals surface area contributed by atoms with E-state index in [0.717, 1.165) is 25.0 Å². The molecular weight excluding hydrogens is 1940 g/mol. The number of carbonyl (C=O) groups excluding carboxylic acids is 4. The van der Waals surface area contributed by atoms with Crippen molar-refractivity contribution in [2.45, 2.75) is 163 Å². The average molecular weight is 2040 g/mol. The third kappa shape index (κ3) is 21.8. The van der Waals surface area contributed by atoms with Crippen LogP contribution in [-0.4, -0.2) is 155 Å². The van der Waals surface area contributed by atoms with Gasteiger partial charge in [-0.1, -0.05) is 44.0 Å². The zero-order chi connectivity index (χ0) is 91.6. The summed E-state index contributed by atoms with van der Waals surface area (Å²) in [7, 11) is -0.00706. The van der Waals surface area contributed by atoms with E-state index in [2.05, 4.69) is 47.8 Å². The van der Waals surface area contributed by atoms with Gasteiger partial charge in [0.15, 0.2) is 0 Å². The Morgan fingerprint density at radius 1 is 0.406 bits per heavy atom. The molecular formula is C91H100B5Br2F4IKN4O19S. The molecule has 0 spiro atoms. The number of sulfonamides is 1. The smallest absolute Gasteiger partial charge is 1.00 e. The van der Waals surface area contributed by atoms with Gasteiger partial charge in [-0.3, -0.25) is 18.7 Å². The van der Waals surface area contributed by atoms with E-state index in [9.17, 15) is 45.2 Å². The van der Waals surface area contributed by atoms with E-state index in [-0.39, 0.29) is 160 Å². The van der Waals surface area contributed by atoms with Gasteiger partial charge in [0.1, 0.15) is 74.2 Å². The van der Waals surface area contributed by atoms with Crippen LogP contribution >= 0.6 is 55.8 Å². The molecule has 3 amide bonds. The molecule has 0 atom stereocenters. The molecule has 3 N–H and O–H groups in total. The van der Waals surface area contributed by atoms with Gasteiger partial charge in [0, 0.05) is 101 Å². The van der Waals surface area contributed by atoms with Crippen LogP contribution < -0.4 is 82.6 Å². The fourth-order valence-corrected chi connectivity index (χ4v) is 15.1. The zero-order valence-corrected chi connectivity index (χ0v) is 84.9. The molecule has 23 nitrogen and oxygen atoms in total. The molecule has 12 aromatic rings. The summed E-state index contributed by atoms with van der Waals surface area (Å²) in [6.45, 7) is 33.8. The van der Waals surface area contributed by atoms with Gasteiger partial charge in [-0.05, 0) is 269 Å². The summed E-state index contributed by atoms with van der Waals surface area (Å²) in [6, 6.07) is 42.7. The summed E-state index contributed by atoms with van der Waals surface area (Å²) in [5.74, 6) is -1.41. The van der Waals surface area contributed by atoms with Crippen molar-refractivity contribution in [2.24, 2.45) is 0 Å². The minimum atomic E-state index is -3.66. The van der Waals surface area contributed by atoms with E-state index in [0.29, 0.717) is 106 Å². The van der Waals surface area contributed by atoms with Crippen LogP contribution in [0, 0.1) is 23.3 Å². The maximum Gasteiger partial charge on any atom is 1.00 e. The van der Waals surface area contributed by atoms with Gasteiger partial charge < -0.3 is 77.0 Å². The van der Waals surface area contributed by atoms with E-state index in [1.54, 1.807) is 93.8 Å². The van der Waals surface area contributed by atoms with Crippen molar-refractivity contribution in [3.05, 3.63) is 218 Å². The van der Waals surface area contributed by atoms with Crippen molar-refractivity contribution in [3.8, 4) is 45.3 Å². The predicted molar refractivity (Wildman–Crippen MR) is 507 cm³/mol. The standard InChI is InChI=1S/C24H28BFN2O6S.C22H23BFNO4.C17H12BrFO3.C16H11BrFNO2.C12H24B2O4.B.HI.K.H/c1-23(2)24(3,4)34-25(33-23)17-12-16-19(13-18(17)28(6)35(7,30)31)32-21(20(16)22(29)27-5)14-8-10-15(26)11-9-14;1-21(2)22(3,4)29-23(28-21)14-8-11-17-16(12-14)18(20(26)25-5)19(27-17)13-6-9-15(24)10-7-13;1-2-21-17(20)15-13-9-11(18)5-8-14(13)22-16(15)10-3-6-12(19)7-4-10;1-19-16(20)14-12-8-10(17)4-7-13(12)21-15(14)9-2-5-11(18)6-3-9;1-9(2)10(3,4)16-13(15-9)14-17-11(5,6)12(7,8)18-14;;;;/h8-13H,1-7H3,(H,27,29);6-12H,1-5H3,(H,25,26);3-9H,2H2,1H3;2-8H,1H3,(H,19,20);1-8H3;;1H;;/q;;;;;;;+1;-1. The molecule has 669 valence electrons. The molecule has 4 aliphatic heterocycles. The third-order valence-electron chi connectivity index (χ3n) is 23.8. The first kappa shape index (κ1) is 104. The summed E-state index contributed by atoms with van der Waals surface area (Å²) in [5.41, 5.74) is 3.66. The molecule has 4 saturated heterocycles. The van der Waals surface area contributed by atoms with Gasteiger partial charge in [0.2, 0.25) is 10.0 Å². The van der Waals surface area contributed by atoms with Crippen molar-refractivity contribution in [2.75, 3.05) is 45.4 Å². The van der Waals surface area contributed by atoms with Crippen molar-refractivity contribution >= 4 is 187 Å². The molecule has 8 heterocycles. The Labute approximate surface area is 823 Å². The number of benzene rings is 8. The molecule has 4 fully saturated rings. The average Bonchev–Trinajstić information content (AvgIpc) is 1.59. The van der Waals surface area contributed by atoms with Gasteiger partial charge in [-0.25, -0.2) is 30.8 Å². The van der Waals surface area contributed by atoms with Crippen molar-refractivity contribution in [1.29, 1.82) is 0 Å². The number of hydrogen-bond acceptors (Lipinski definition) is 19. The Balaban J connectivity index is 0.000000201. The summed E-state index contributed by atoms with van der Waals surface area (Å²) in [4.78, 5) is 50.2. The number of halogens is 7. The SMILES string of the molecule is CC1(C)OB(B2OC(C)(C)C(C)(C)O2)OC1(C)C.CCOC(=O)c1c(-c2ccc(F)cc2)oc2ccc(Br)cc12.CNC(=O)c1c(-c2ccc(F)cc2)oc2cc(N(C)S(C)(=O)=O)c(B3OC(C)(C)C(C)(C)O3)cc12.CNC(=O)c1c(-c2ccc(F)cc2)oc2ccc(B3OC(C)(C)C(C)(C)O3)cc12.CNC(=O)c1c(-c2ccc(F)cc2)oc2ccc(Br)cc12.I.[B].[H-].[K+]. The normalized spacial score (nSPS) is 16.8. The van der Waals surface area contributed by atoms with Crippen LogP contribution in [0.4, 0.5) is 23.2 Å². The van der Waals surface area contributed by atoms with Crippen LogP contribution in [0.25, 0.3) is 89.2 Å². The molecule has 3 radical (unpaired) electrons. The molecule has 37 heteroatoms. The number of nitrogens with zero attached hydrogens (tertiary/aromatic N) is 1. The Bertz CT molecular complexity index is 6130. The number of ether oxygens (including phenoxy) is 1. The minimum absolute atomic E-state index is 0.